The third-order valence-electron chi connectivity index (χ3n) is 3.22. The molecular formula is C17H14F2N4OS2. The summed E-state index contributed by atoms with van der Waals surface area (Å²) < 4.78 is 27.0. The van der Waals surface area contributed by atoms with Crippen molar-refractivity contribution >= 4 is 45.5 Å². The number of hydrogen-bond donors (Lipinski definition) is 2. The molecule has 134 valence electrons. The van der Waals surface area contributed by atoms with Crippen molar-refractivity contribution < 1.29 is 13.6 Å². The van der Waals surface area contributed by atoms with Gasteiger partial charge in [0.05, 0.1) is 5.25 Å². The van der Waals surface area contributed by atoms with E-state index in [2.05, 4.69) is 20.8 Å². The van der Waals surface area contributed by atoms with Crippen molar-refractivity contribution in [1.29, 1.82) is 0 Å². The molecule has 2 aromatic carbocycles. The molecule has 0 spiro atoms. The van der Waals surface area contributed by atoms with Crippen LogP contribution in [0.15, 0.2) is 52.9 Å². The highest BCUT2D eigenvalue weighted by Crippen LogP contribution is 2.31. The molecule has 3 rings (SSSR count). The standard InChI is InChI=1S/C17H14F2N4OS2/c1-10(15(24)20-13-6-2-4-11(18)8-13)25-17-23-22-16(26-17)21-14-7-3-5-12(19)9-14/h2-10H,1H3,(H,20,24)(H,21,22). The number of aromatic nitrogens is 2. The number of thioether (sulfide) groups is 1. The molecule has 2 N–H and O–H groups in total. The van der Waals surface area contributed by atoms with Gasteiger partial charge in [-0.15, -0.1) is 10.2 Å². The maximum atomic E-state index is 13.2. The summed E-state index contributed by atoms with van der Waals surface area (Å²) in [5.74, 6) is -1.03. The fourth-order valence-electron chi connectivity index (χ4n) is 2.01. The predicted molar refractivity (Wildman–Crippen MR) is 99.9 cm³/mol. The molecule has 1 unspecified atom stereocenters. The number of carbonyl (C=O) groups is 1. The molecule has 3 aromatic rings. The summed E-state index contributed by atoms with van der Waals surface area (Å²) in [5, 5.41) is 13.7. The summed E-state index contributed by atoms with van der Waals surface area (Å²) in [7, 11) is 0. The van der Waals surface area contributed by atoms with Gasteiger partial charge >= 0.3 is 0 Å². The van der Waals surface area contributed by atoms with E-state index in [0.29, 0.717) is 20.8 Å². The van der Waals surface area contributed by atoms with Crippen LogP contribution >= 0.6 is 23.1 Å². The van der Waals surface area contributed by atoms with Crippen LogP contribution in [0.4, 0.5) is 25.3 Å². The number of nitrogens with zero attached hydrogens (tertiary/aromatic N) is 2. The second kappa shape index (κ2) is 8.24. The van der Waals surface area contributed by atoms with Crippen molar-refractivity contribution in [2.24, 2.45) is 0 Å². The van der Waals surface area contributed by atoms with Gasteiger partial charge in [-0.1, -0.05) is 35.2 Å². The van der Waals surface area contributed by atoms with Gasteiger partial charge in [-0.3, -0.25) is 4.79 Å². The van der Waals surface area contributed by atoms with Crippen LogP contribution < -0.4 is 10.6 Å². The first-order chi connectivity index (χ1) is 12.5. The van der Waals surface area contributed by atoms with Crippen LogP contribution in [0.25, 0.3) is 0 Å². The molecule has 26 heavy (non-hydrogen) atoms. The van der Waals surface area contributed by atoms with Crippen molar-refractivity contribution in [3.8, 4) is 0 Å². The van der Waals surface area contributed by atoms with E-state index in [4.69, 9.17) is 0 Å². The maximum Gasteiger partial charge on any atom is 0.237 e. The highest BCUT2D eigenvalue weighted by molar-refractivity contribution is 8.02. The van der Waals surface area contributed by atoms with Crippen LogP contribution in [0.1, 0.15) is 6.92 Å². The first-order valence-corrected chi connectivity index (χ1v) is 9.28. The lowest BCUT2D eigenvalue weighted by molar-refractivity contribution is -0.115. The van der Waals surface area contributed by atoms with E-state index in [1.54, 1.807) is 25.1 Å². The molecule has 0 aliphatic rings. The minimum absolute atomic E-state index is 0.268. The SMILES string of the molecule is CC(Sc1nnc(Nc2cccc(F)c2)s1)C(=O)Nc1cccc(F)c1. The van der Waals surface area contributed by atoms with Gasteiger partial charge in [0.25, 0.3) is 0 Å². The Morgan fingerprint density at radius 3 is 2.42 bits per heavy atom. The van der Waals surface area contributed by atoms with Crippen molar-refractivity contribution in [3.63, 3.8) is 0 Å². The highest BCUT2D eigenvalue weighted by atomic mass is 32.2. The number of amides is 1. The second-order valence-corrected chi connectivity index (χ2v) is 7.83. The van der Waals surface area contributed by atoms with Crippen LogP contribution in [-0.2, 0) is 4.79 Å². The molecule has 5 nitrogen and oxygen atoms in total. The van der Waals surface area contributed by atoms with E-state index >= 15 is 0 Å². The summed E-state index contributed by atoms with van der Waals surface area (Å²) in [6.07, 6.45) is 0. The second-order valence-electron chi connectivity index (χ2n) is 5.27. The van der Waals surface area contributed by atoms with Gasteiger partial charge in [0.1, 0.15) is 11.6 Å². The Morgan fingerprint density at radius 2 is 1.73 bits per heavy atom. The molecule has 0 radical (unpaired) electrons. The van der Waals surface area contributed by atoms with E-state index in [1.165, 1.54) is 53.4 Å². The molecule has 0 saturated heterocycles. The topological polar surface area (TPSA) is 66.9 Å². The lowest BCUT2D eigenvalue weighted by atomic mass is 10.3. The molecule has 0 bridgehead atoms. The van der Waals surface area contributed by atoms with E-state index in [1.807, 2.05) is 0 Å². The van der Waals surface area contributed by atoms with Crippen LogP contribution in [0.5, 0.6) is 0 Å². The number of halogens is 2. The normalized spacial score (nSPS) is 11.8. The Balaban J connectivity index is 1.58. The summed E-state index contributed by atoms with van der Waals surface area (Å²) in [6, 6.07) is 11.7. The zero-order chi connectivity index (χ0) is 18.5. The molecule has 9 heteroatoms. The van der Waals surface area contributed by atoms with E-state index in [0.717, 1.165) is 0 Å². The molecule has 0 fully saturated rings. The van der Waals surface area contributed by atoms with Gasteiger partial charge in [0.15, 0.2) is 4.34 Å². The summed E-state index contributed by atoms with van der Waals surface area (Å²) >= 11 is 2.49. The first kappa shape index (κ1) is 18.3. The molecule has 0 aliphatic heterocycles. The number of carbonyl (C=O) groups excluding carboxylic acids is 1. The highest BCUT2D eigenvalue weighted by Gasteiger charge is 2.17. The number of benzene rings is 2. The van der Waals surface area contributed by atoms with Gasteiger partial charge in [0.2, 0.25) is 11.0 Å². The molecule has 0 saturated carbocycles. The van der Waals surface area contributed by atoms with Crippen molar-refractivity contribution in [3.05, 3.63) is 60.2 Å². The maximum absolute atomic E-state index is 13.2. The van der Waals surface area contributed by atoms with Gasteiger partial charge in [-0.05, 0) is 43.3 Å². The third kappa shape index (κ3) is 4.99. The number of hydrogen-bond acceptors (Lipinski definition) is 6. The lowest BCUT2D eigenvalue weighted by Crippen LogP contribution is -2.22. The Hall–Kier alpha value is -2.52. The molecule has 1 amide bonds. The minimum atomic E-state index is -0.451. The Labute approximate surface area is 156 Å². The van der Waals surface area contributed by atoms with Gasteiger partial charge in [0, 0.05) is 11.4 Å². The Bertz CT molecular complexity index is 919. The minimum Gasteiger partial charge on any atom is -0.330 e. The number of anilines is 3. The Morgan fingerprint density at radius 1 is 1.08 bits per heavy atom. The van der Waals surface area contributed by atoms with Gasteiger partial charge < -0.3 is 10.6 Å². The van der Waals surface area contributed by atoms with Crippen LogP contribution in [0.3, 0.4) is 0 Å². The summed E-state index contributed by atoms with van der Waals surface area (Å²) in [4.78, 5) is 12.2. The van der Waals surface area contributed by atoms with Crippen molar-refractivity contribution in [1.82, 2.24) is 10.2 Å². The average Bonchev–Trinajstić information content (AvgIpc) is 3.01. The molecule has 1 aromatic heterocycles. The van der Waals surface area contributed by atoms with Crippen LogP contribution in [0.2, 0.25) is 0 Å². The fraction of sp³-hybridized carbons (Fsp3) is 0.118. The monoisotopic (exact) mass is 392 g/mol. The smallest absolute Gasteiger partial charge is 0.237 e. The average molecular weight is 392 g/mol. The fourth-order valence-corrected chi connectivity index (χ4v) is 3.93. The first-order valence-electron chi connectivity index (χ1n) is 7.59. The molecule has 1 atom stereocenters. The van der Waals surface area contributed by atoms with Crippen molar-refractivity contribution in [2.75, 3.05) is 10.6 Å². The zero-order valence-corrected chi connectivity index (χ0v) is 15.2. The molecular weight excluding hydrogens is 378 g/mol. The van der Waals surface area contributed by atoms with Crippen molar-refractivity contribution in [2.45, 2.75) is 16.5 Å². The summed E-state index contributed by atoms with van der Waals surface area (Å²) in [5.41, 5.74) is 0.961. The number of rotatable bonds is 6. The van der Waals surface area contributed by atoms with Crippen LogP contribution in [0, 0.1) is 11.6 Å². The van der Waals surface area contributed by atoms with E-state index in [-0.39, 0.29) is 11.7 Å². The van der Waals surface area contributed by atoms with Gasteiger partial charge in [-0.25, -0.2) is 8.78 Å². The summed E-state index contributed by atoms with van der Waals surface area (Å²) in [6.45, 7) is 1.72. The zero-order valence-electron chi connectivity index (χ0n) is 13.6. The van der Waals surface area contributed by atoms with Crippen LogP contribution in [-0.4, -0.2) is 21.4 Å². The van der Waals surface area contributed by atoms with E-state index < -0.39 is 11.1 Å². The quantitative estimate of drug-likeness (QED) is 0.596. The molecule has 1 heterocycles. The largest absolute Gasteiger partial charge is 0.330 e. The Kier molecular flexibility index (Phi) is 5.79. The predicted octanol–water partition coefficient (Wildman–Crippen LogP) is 4.68. The lowest BCUT2D eigenvalue weighted by Gasteiger charge is -2.10. The van der Waals surface area contributed by atoms with E-state index in [9.17, 15) is 13.6 Å². The molecule has 0 aliphatic carbocycles. The number of nitrogens with one attached hydrogen (secondary N) is 2. The third-order valence-corrected chi connectivity index (χ3v) is 5.24. The van der Waals surface area contributed by atoms with Gasteiger partial charge in [-0.2, -0.15) is 0 Å².